The van der Waals surface area contributed by atoms with E-state index in [4.69, 9.17) is 4.43 Å². The zero-order valence-electron chi connectivity index (χ0n) is 11.3. The lowest BCUT2D eigenvalue weighted by atomic mass is 10.2. The lowest BCUT2D eigenvalue weighted by Crippen LogP contribution is -2.36. The maximum atomic E-state index is 5.94. The van der Waals surface area contributed by atoms with Crippen molar-refractivity contribution in [3.8, 4) is 0 Å². The van der Waals surface area contributed by atoms with Crippen LogP contribution in [-0.2, 0) is 4.43 Å². The van der Waals surface area contributed by atoms with Gasteiger partial charge in [-0.2, -0.15) is 0 Å². The van der Waals surface area contributed by atoms with E-state index in [0.717, 1.165) is 0 Å². The fourth-order valence-electron chi connectivity index (χ4n) is 2.47. The van der Waals surface area contributed by atoms with Gasteiger partial charge >= 0.3 is 0 Å². The first-order valence-electron chi connectivity index (χ1n) is 6.79. The van der Waals surface area contributed by atoms with Gasteiger partial charge in [0.05, 0.1) is 0 Å². The van der Waals surface area contributed by atoms with Crippen LogP contribution in [0.5, 0.6) is 0 Å². The SMILES string of the molecule is CCCCCC[Si](CCC)(CCC)OC. The van der Waals surface area contributed by atoms with Crippen LogP contribution in [0.4, 0.5) is 0 Å². The summed E-state index contributed by atoms with van der Waals surface area (Å²) in [5.74, 6) is 0. The molecule has 92 valence electrons. The Morgan fingerprint density at radius 1 is 0.733 bits per heavy atom. The first-order chi connectivity index (χ1) is 7.24. The minimum Gasteiger partial charge on any atom is -0.420 e. The molecule has 0 aromatic heterocycles. The fraction of sp³-hybridized carbons (Fsp3) is 1.00. The molecule has 15 heavy (non-hydrogen) atoms. The van der Waals surface area contributed by atoms with Gasteiger partial charge in [-0.15, -0.1) is 0 Å². The van der Waals surface area contributed by atoms with Crippen molar-refractivity contribution in [1.82, 2.24) is 0 Å². The molecule has 2 heteroatoms. The number of unbranched alkanes of at least 4 members (excludes halogenated alkanes) is 3. The highest BCUT2D eigenvalue weighted by Gasteiger charge is 2.30. The minimum absolute atomic E-state index is 1.30. The Labute approximate surface area is 97.7 Å². The van der Waals surface area contributed by atoms with E-state index in [2.05, 4.69) is 20.8 Å². The summed E-state index contributed by atoms with van der Waals surface area (Å²) in [6, 6.07) is 4.12. The Balaban J connectivity index is 3.96. The van der Waals surface area contributed by atoms with Crippen LogP contribution in [-0.4, -0.2) is 15.4 Å². The van der Waals surface area contributed by atoms with Crippen molar-refractivity contribution in [3.05, 3.63) is 0 Å². The third kappa shape index (κ3) is 6.36. The molecule has 0 fully saturated rings. The van der Waals surface area contributed by atoms with Crippen LogP contribution >= 0.6 is 0 Å². The zero-order valence-corrected chi connectivity index (χ0v) is 12.3. The topological polar surface area (TPSA) is 9.23 Å². The molecular weight excluding hydrogens is 200 g/mol. The van der Waals surface area contributed by atoms with E-state index in [1.54, 1.807) is 0 Å². The van der Waals surface area contributed by atoms with Gasteiger partial charge in [-0.25, -0.2) is 0 Å². The first-order valence-corrected chi connectivity index (χ1v) is 9.32. The summed E-state index contributed by atoms with van der Waals surface area (Å²) in [5, 5.41) is 0. The second-order valence-corrected chi connectivity index (χ2v) is 8.97. The molecule has 0 amide bonds. The smallest absolute Gasteiger partial charge is 0.192 e. The van der Waals surface area contributed by atoms with Gasteiger partial charge in [-0.05, 0) is 18.1 Å². The summed E-state index contributed by atoms with van der Waals surface area (Å²) in [6.07, 6.45) is 8.13. The third-order valence-electron chi connectivity index (χ3n) is 3.33. The van der Waals surface area contributed by atoms with E-state index in [1.165, 1.54) is 56.7 Å². The van der Waals surface area contributed by atoms with Crippen LogP contribution in [0.1, 0.15) is 59.3 Å². The molecule has 0 spiro atoms. The van der Waals surface area contributed by atoms with Crippen molar-refractivity contribution in [2.45, 2.75) is 77.4 Å². The minimum atomic E-state index is -1.32. The van der Waals surface area contributed by atoms with Gasteiger partial charge in [0.2, 0.25) is 0 Å². The first kappa shape index (κ1) is 15.2. The second kappa shape index (κ2) is 9.41. The molecule has 0 heterocycles. The van der Waals surface area contributed by atoms with Gasteiger partial charge in [0.15, 0.2) is 8.32 Å². The molecule has 1 nitrogen and oxygen atoms in total. The summed E-state index contributed by atoms with van der Waals surface area (Å²) >= 11 is 0. The molecule has 0 aliphatic heterocycles. The van der Waals surface area contributed by atoms with Gasteiger partial charge in [-0.3, -0.25) is 0 Å². The predicted molar refractivity (Wildman–Crippen MR) is 71.9 cm³/mol. The van der Waals surface area contributed by atoms with Crippen molar-refractivity contribution in [1.29, 1.82) is 0 Å². The summed E-state index contributed by atoms with van der Waals surface area (Å²) in [5.41, 5.74) is 0. The molecule has 0 unspecified atom stereocenters. The molecule has 0 aromatic rings. The normalized spacial score (nSPS) is 12.0. The Morgan fingerprint density at radius 2 is 1.33 bits per heavy atom. The average Bonchev–Trinajstić information content (AvgIpc) is 2.25. The van der Waals surface area contributed by atoms with Crippen LogP contribution in [0.25, 0.3) is 0 Å². The highest BCUT2D eigenvalue weighted by Crippen LogP contribution is 2.27. The number of rotatable bonds is 10. The summed E-state index contributed by atoms with van der Waals surface area (Å²) in [6.45, 7) is 6.87. The quantitative estimate of drug-likeness (QED) is 0.380. The fourth-order valence-corrected chi connectivity index (χ4v) is 6.55. The second-order valence-electron chi connectivity index (χ2n) is 4.70. The number of hydrogen-bond acceptors (Lipinski definition) is 1. The van der Waals surface area contributed by atoms with Crippen LogP contribution in [0.15, 0.2) is 0 Å². The van der Waals surface area contributed by atoms with Gasteiger partial charge in [0.25, 0.3) is 0 Å². The molecule has 0 bridgehead atoms. The molecular formula is C13H30OSi. The standard InChI is InChI=1S/C13H30OSi/c1-5-8-9-10-13-15(14-4,11-6-2)12-7-3/h5-13H2,1-4H3. The number of hydrogen-bond donors (Lipinski definition) is 0. The van der Waals surface area contributed by atoms with Crippen molar-refractivity contribution < 1.29 is 4.43 Å². The molecule has 0 aliphatic rings. The van der Waals surface area contributed by atoms with Gasteiger partial charge in [0.1, 0.15) is 0 Å². The molecule has 0 N–H and O–H groups in total. The Bertz CT molecular complexity index is 130. The predicted octanol–water partition coefficient (Wildman–Crippen LogP) is 4.98. The molecule has 0 atom stereocenters. The van der Waals surface area contributed by atoms with E-state index in [0.29, 0.717) is 0 Å². The van der Waals surface area contributed by atoms with Crippen molar-refractivity contribution in [3.63, 3.8) is 0 Å². The van der Waals surface area contributed by atoms with Gasteiger partial charge in [-0.1, -0.05) is 59.3 Å². The van der Waals surface area contributed by atoms with Crippen molar-refractivity contribution >= 4 is 8.32 Å². The monoisotopic (exact) mass is 230 g/mol. The Hall–Kier alpha value is 0.177. The average molecular weight is 230 g/mol. The van der Waals surface area contributed by atoms with Crippen LogP contribution < -0.4 is 0 Å². The molecule has 0 saturated carbocycles. The van der Waals surface area contributed by atoms with Crippen molar-refractivity contribution in [2.24, 2.45) is 0 Å². The highest BCUT2D eigenvalue weighted by molar-refractivity contribution is 6.73. The molecule has 0 saturated heterocycles. The van der Waals surface area contributed by atoms with E-state index in [1.807, 2.05) is 7.11 Å². The lowest BCUT2D eigenvalue weighted by Gasteiger charge is -2.29. The van der Waals surface area contributed by atoms with Crippen LogP contribution in [0.2, 0.25) is 18.1 Å². The van der Waals surface area contributed by atoms with E-state index >= 15 is 0 Å². The lowest BCUT2D eigenvalue weighted by molar-refractivity contribution is 0.384. The van der Waals surface area contributed by atoms with E-state index < -0.39 is 8.32 Å². The van der Waals surface area contributed by atoms with Gasteiger partial charge < -0.3 is 4.43 Å². The van der Waals surface area contributed by atoms with Crippen LogP contribution in [0.3, 0.4) is 0 Å². The maximum absolute atomic E-state index is 5.94. The summed E-state index contributed by atoms with van der Waals surface area (Å²) in [4.78, 5) is 0. The highest BCUT2D eigenvalue weighted by atomic mass is 28.4. The van der Waals surface area contributed by atoms with Crippen molar-refractivity contribution in [2.75, 3.05) is 7.11 Å². The summed E-state index contributed by atoms with van der Waals surface area (Å²) in [7, 11) is 0.636. The van der Waals surface area contributed by atoms with E-state index in [-0.39, 0.29) is 0 Å². The zero-order chi connectivity index (χ0) is 11.6. The Kier molecular flexibility index (Phi) is 9.52. The molecule has 0 aromatic carbocycles. The Morgan fingerprint density at radius 3 is 1.73 bits per heavy atom. The third-order valence-corrected chi connectivity index (χ3v) is 8.28. The maximum Gasteiger partial charge on any atom is 0.192 e. The summed E-state index contributed by atoms with van der Waals surface area (Å²) < 4.78 is 5.94. The van der Waals surface area contributed by atoms with Gasteiger partial charge in [0, 0.05) is 7.11 Å². The van der Waals surface area contributed by atoms with E-state index in [9.17, 15) is 0 Å². The molecule has 0 rings (SSSR count). The molecule has 0 radical (unpaired) electrons. The molecule has 0 aliphatic carbocycles. The largest absolute Gasteiger partial charge is 0.420 e. The van der Waals surface area contributed by atoms with Crippen LogP contribution in [0, 0.1) is 0 Å².